The van der Waals surface area contributed by atoms with Crippen LogP contribution in [0.1, 0.15) is 30.4 Å². The van der Waals surface area contributed by atoms with Crippen LogP contribution in [0, 0.1) is 6.92 Å². The fraction of sp³-hybridized carbons (Fsp3) is 0.538. The molecule has 0 spiro atoms. The highest BCUT2D eigenvalue weighted by Crippen LogP contribution is 2.15. The third kappa shape index (κ3) is 5.85. The van der Waals surface area contributed by atoms with E-state index >= 15 is 0 Å². The Morgan fingerprint density at radius 2 is 2.07 bits per heavy atom. The predicted octanol–water partition coefficient (Wildman–Crippen LogP) is 3.36. The van der Waals surface area contributed by atoms with Crippen LogP contribution in [-0.2, 0) is 5.75 Å². The lowest BCUT2D eigenvalue weighted by atomic mass is 10.2. The Morgan fingerprint density at radius 1 is 1.20 bits per heavy atom. The van der Waals surface area contributed by atoms with Gasteiger partial charge in [0.05, 0.1) is 0 Å². The summed E-state index contributed by atoms with van der Waals surface area (Å²) in [7, 11) is 0. The summed E-state index contributed by atoms with van der Waals surface area (Å²) in [6.07, 6.45) is 3.75. The first-order valence-electron chi connectivity index (χ1n) is 5.66. The molecule has 0 fully saturated rings. The van der Waals surface area contributed by atoms with E-state index in [-0.39, 0.29) is 0 Å². The first-order chi connectivity index (χ1) is 7.33. The second kappa shape index (κ2) is 7.77. The normalized spacial score (nSPS) is 10.5. The van der Waals surface area contributed by atoms with Crippen molar-refractivity contribution in [2.45, 2.75) is 31.9 Å². The van der Waals surface area contributed by atoms with E-state index in [2.05, 4.69) is 31.2 Å². The summed E-state index contributed by atoms with van der Waals surface area (Å²) in [5.41, 5.74) is 8.25. The van der Waals surface area contributed by atoms with E-state index in [1.807, 2.05) is 11.8 Å². The van der Waals surface area contributed by atoms with E-state index in [0.29, 0.717) is 0 Å². The van der Waals surface area contributed by atoms with Gasteiger partial charge in [-0.05, 0) is 37.6 Å². The van der Waals surface area contributed by atoms with Crippen LogP contribution in [0.2, 0.25) is 0 Å². The average molecular weight is 223 g/mol. The van der Waals surface area contributed by atoms with E-state index in [9.17, 15) is 0 Å². The molecule has 1 nitrogen and oxygen atoms in total. The van der Waals surface area contributed by atoms with E-state index < -0.39 is 0 Å². The number of aryl methyl sites for hydroxylation is 1. The van der Waals surface area contributed by atoms with Crippen molar-refractivity contribution >= 4 is 11.8 Å². The summed E-state index contributed by atoms with van der Waals surface area (Å²) in [5.74, 6) is 2.40. The number of thioether (sulfide) groups is 1. The van der Waals surface area contributed by atoms with Crippen molar-refractivity contribution in [1.82, 2.24) is 0 Å². The largest absolute Gasteiger partial charge is 0.330 e. The van der Waals surface area contributed by atoms with Crippen LogP contribution in [0.15, 0.2) is 24.3 Å². The average Bonchev–Trinajstić information content (AvgIpc) is 2.23. The van der Waals surface area contributed by atoms with Crippen LogP contribution in [0.3, 0.4) is 0 Å². The van der Waals surface area contributed by atoms with Crippen molar-refractivity contribution < 1.29 is 0 Å². The molecule has 1 rings (SSSR count). The summed E-state index contributed by atoms with van der Waals surface area (Å²) in [6.45, 7) is 2.98. The molecular formula is C13H21NS. The molecule has 1 aromatic rings. The summed E-state index contributed by atoms with van der Waals surface area (Å²) >= 11 is 2.02. The Kier molecular flexibility index (Phi) is 6.53. The fourth-order valence-electron chi connectivity index (χ4n) is 1.52. The standard InChI is InChI=1S/C13H21NS/c1-12-6-5-7-13(10-12)11-15-9-4-2-3-8-14/h5-7,10H,2-4,8-9,11,14H2,1H3. The van der Waals surface area contributed by atoms with E-state index in [1.165, 1.54) is 36.1 Å². The van der Waals surface area contributed by atoms with Crippen LogP contribution in [-0.4, -0.2) is 12.3 Å². The summed E-state index contributed by atoms with van der Waals surface area (Å²) in [4.78, 5) is 0. The minimum Gasteiger partial charge on any atom is -0.330 e. The lowest BCUT2D eigenvalue weighted by molar-refractivity contribution is 0.732. The second-order valence-corrected chi connectivity index (χ2v) is 5.00. The smallest absolute Gasteiger partial charge is 0.0184 e. The molecule has 2 heteroatoms. The zero-order valence-corrected chi connectivity index (χ0v) is 10.4. The fourth-order valence-corrected chi connectivity index (χ4v) is 2.49. The SMILES string of the molecule is Cc1cccc(CSCCCCCN)c1. The molecule has 0 aliphatic heterocycles. The minimum absolute atomic E-state index is 0.836. The molecule has 0 aliphatic rings. The molecule has 0 amide bonds. The Labute approximate surface area is 97.4 Å². The molecule has 0 saturated carbocycles. The molecule has 0 aromatic heterocycles. The van der Waals surface area contributed by atoms with Crippen molar-refractivity contribution in [3.05, 3.63) is 35.4 Å². The van der Waals surface area contributed by atoms with Crippen LogP contribution in [0.5, 0.6) is 0 Å². The van der Waals surface area contributed by atoms with Gasteiger partial charge in [-0.15, -0.1) is 0 Å². The third-order valence-corrected chi connectivity index (χ3v) is 3.46. The third-order valence-electron chi connectivity index (χ3n) is 2.34. The van der Waals surface area contributed by atoms with Crippen molar-refractivity contribution in [1.29, 1.82) is 0 Å². The predicted molar refractivity (Wildman–Crippen MR) is 70.2 cm³/mol. The topological polar surface area (TPSA) is 26.0 Å². The quantitative estimate of drug-likeness (QED) is 0.717. The van der Waals surface area contributed by atoms with Crippen molar-refractivity contribution in [2.24, 2.45) is 5.73 Å². The van der Waals surface area contributed by atoms with Gasteiger partial charge in [-0.2, -0.15) is 11.8 Å². The Morgan fingerprint density at radius 3 is 2.80 bits per heavy atom. The van der Waals surface area contributed by atoms with Gasteiger partial charge in [0.2, 0.25) is 0 Å². The zero-order chi connectivity index (χ0) is 10.9. The molecule has 0 bridgehead atoms. The van der Waals surface area contributed by atoms with Gasteiger partial charge in [0.15, 0.2) is 0 Å². The van der Waals surface area contributed by atoms with Gasteiger partial charge >= 0.3 is 0 Å². The second-order valence-electron chi connectivity index (χ2n) is 3.89. The van der Waals surface area contributed by atoms with Gasteiger partial charge in [0.1, 0.15) is 0 Å². The van der Waals surface area contributed by atoms with Gasteiger partial charge in [-0.25, -0.2) is 0 Å². The molecule has 0 radical (unpaired) electrons. The maximum absolute atomic E-state index is 5.44. The van der Waals surface area contributed by atoms with Gasteiger partial charge in [0, 0.05) is 5.75 Å². The van der Waals surface area contributed by atoms with E-state index in [4.69, 9.17) is 5.73 Å². The maximum Gasteiger partial charge on any atom is 0.0184 e. The molecule has 2 N–H and O–H groups in total. The van der Waals surface area contributed by atoms with E-state index in [1.54, 1.807) is 0 Å². The minimum atomic E-state index is 0.836. The first-order valence-corrected chi connectivity index (χ1v) is 6.82. The number of rotatable bonds is 7. The monoisotopic (exact) mass is 223 g/mol. The summed E-state index contributed by atoms with van der Waals surface area (Å²) in [6, 6.07) is 8.77. The number of benzene rings is 1. The highest BCUT2D eigenvalue weighted by Gasteiger charge is 1.94. The molecule has 84 valence electrons. The van der Waals surface area contributed by atoms with Gasteiger partial charge < -0.3 is 5.73 Å². The van der Waals surface area contributed by atoms with Crippen LogP contribution in [0.4, 0.5) is 0 Å². The molecule has 1 aromatic carbocycles. The molecule has 0 atom stereocenters. The highest BCUT2D eigenvalue weighted by atomic mass is 32.2. The molecular weight excluding hydrogens is 202 g/mol. The first kappa shape index (κ1) is 12.6. The lowest BCUT2D eigenvalue weighted by Crippen LogP contribution is -1.98. The molecule has 15 heavy (non-hydrogen) atoms. The number of hydrogen-bond acceptors (Lipinski definition) is 2. The molecule has 0 aliphatic carbocycles. The van der Waals surface area contributed by atoms with Crippen LogP contribution < -0.4 is 5.73 Å². The number of unbranched alkanes of at least 4 members (excludes halogenated alkanes) is 2. The van der Waals surface area contributed by atoms with Crippen LogP contribution >= 0.6 is 11.8 Å². The van der Waals surface area contributed by atoms with E-state index in [0.717, 1.165) is 12.3 Å². The molecule has 0 unspecified atom stereocenters. The van der Waals surface area contributed by atoms with Crippen LogP contribution in [0.25, 0.3) is 0 Å². The molecule has 0 saturated heterocycles. The van der Waals surface area contributed by atoms with Gasteiger partial charge in [0.25, 0.3) is 0 Å². The van der Waals surface area contributed by atoms with Gasteiger partial charge in [-0.3, -0.25) is 0 Å². The molecule has 0 heterocycles. The Hall–Kier alpha value is -0.470. The van der Waals surface area contributed by atoms with Crippen molar-refractivity contribution in [2.75, 3.05) is 12.3 Å². The zero-order valence-electron chi connectivity index (χ0n) is 9.54. The Bertz CT molecular complexity index is 273. The van der Waals surface area contributed by atoms with Crippen molar-refractivity contribution in [3.8, 4) is 0 Å². The van der Waals surface area contributed by atoms with Gasteiger partial charge in [-0.1, -0.05) is 36.2 Å². The Balaban J connectivity index is 2.10. The van der Waals surface area contributed by atoms with Crippen molar-refractivity contribution in [3.63, 3.8) is 0 Å². The summed E-state index contributed by atoms with van der Waals surface area (Å²) < 4.78 is 0. The number of nitrogens with two attached hydrogens (primary N) is 1. The highest BCUT2D eigenvalue weighted by molar-refractivity contribution is 7.98. The summed E-state index contributed by atoms with van der Waals surface area (Å²) in [5, 5.41) is 0. The lowest BCUT2D eigenvalue weighted by Gasteiger charge is -2.02. The number of hydrogen-bond donors (Lipinski definition) is 1. The maximum atomic E-state index is 5.44.